The Balaban J connectivity index is 2.51. The van der Waals surface area contributed by atoms with E-state index in [2.05, 4.69) is 5.32 Å². The Hall–Kier alpha value is -1.22. The minimum Gasteiger partial charge on any atom is -0.446 e. The van der Waals surface area contributed by atoms with E-state index < -0.39 is 6.09 Å². The minimum atomic E-state index is -0.452. The largest absolute Gasteiger partial charge is 0.446 e. The van der Waals surface area contributed by atoms with Crippen molar-refractivity contribution >= 4 is 23.4 Å². The quantitative estimate of drug-likeness (QED) is 0.855. The highest BCUT2D eigenvalue weighted by Crippen LogP contribution is 2.15. The van der Waals surface area contributed by atoms with Crippen molar-refractivity contribution in [3.8, 4) is 0 Å². The fourth-order valence-corrected chi connectivity index (χ4v) is 1.17. The average Bonchev–Trinajstić information content (AvgIpc) is 2.17. The van der Waals surface area contributed by atoms with Gasteiger partial charge in [-0.2, -0.15) is 0 Å². The number of hydrogen-bond acceptors (Lipinski definition) is 2. The summed E-state index contributed by atoms with van der Waals surface area (Å²) in [7, 11) is 0. The van der Waals surface area contributed by atoms with Crippen LogP contribution in [0.3, 0.4) is 0 Å². The van der Waals surface area contributed by atoms with Gasteiger partial charge in [0.15, 0.2) is 0 Å². The van der Waals surface area contributed by atoms with Gasteiger partial charge in [-0.1, -0.05) is 24.6 Å². The van der Waals surface area contributed by atoms with Crippen LogP contribution in [0, 0.1) is 0 Å². The molecular weight excluding hydrogens is 214 g/mol. The molecular formula is C11H14ClNO2. The molecule has 0 bridgehead atoms. The molecule has 1 aromatic carbocycles. The summed E-state index contributed by atoms with van der Waals surface area (Å²) in [6.07, 6.45) is 0.263. The highest BCUT2D eigenvalue weighted by atomic mass is 35.5. The Morgan fingerprint density at radius 3 is 2.93 bits per heavy atom. The van der Waals surface area contributed by atoms with Gasteiger partial charge in [0, 0.05) is 10.7 Å². The van der Waals surface area contributed by atoms with Crippen molar-refractivity contribution in [3.63, 3.8) is 0 Å². The SMILES string of the molecule is CC[C@@H](C)OC(=O)Nc1cccc(Cl)c1. The highest BCUT2D eigenvalue weighted by molar-refractivity contribution is 6.30. The molecule has 0 saturated carbocycles. The number of halogens is 1. The van der Waals surface area contributed by atoms with Crippen LogP contribution >= 0.6 is 11.6 Å². The van der Waals surface area contributed by atoms with Crippen molar-refractivity contribution in [2.24, 2.45) is 0 Å². The van der Waals surface area contributed by atoms with Crippen molar-refractivity contribution < 1.29 is 9.53 Å². The molecule has 0 aliphatic carbocycles. The molecule has 1 rings (SSSR count). The van der Waals surface area contributed by atoms with E-state index in [4.69, 9.17) is 16.3 Å². The zero-order valence-electron chi connectivity index (χ0n) is 8.79. The number of ether oxygens (including phenoxy) is 1. The first kappa shape index (κ1) is 11.9. The van der Waals surface area contributed by atoms with Crippen LogP contribution in [0.5, 0.6) is 0 Å². The third-order valence-corrected chi connectivity index (χ3v) is 2.19. The van der Waals surface area contributed by atoms with Gasteiger partial charge in [0.05, 0.1) is 0 Å². The lowest BCUT2D eigenvalue weighted by molar-refractivity contribution is 0.118. The van der Waals surface area contributed by atoms with Crippen molar-refractivity contribution in [2.45, 2.75) is 26.4 Å². The highest BCUT2D eigenvalue weighted by Gasteiger charge is 2.07. The van der Waals surface area contributed by atoms with E-state index in [0.717, 1.165) is 6.42 Å². The molecule has 0 aromatic heterocycles. The van der Waals surface area contributed by atoms with Crippen molar-refractivity contribution in [3.05, 3.63) is 29.3 Å². The van der Waals surface area contributed by atoms with Gasteiger partial charge in [0.25, 0.3) is 0 Å². The number of amides is 1. The third kappa shape index (κ3) is 4.21. The summed E-state index contributed by atoms with van der Waals surface area (Å²) >= 11 is 5.77. The van der Waals surface area contributed by atoms with Crippen LogP contribution in [0.15, 0.2) is 24.3 Å². The number of hydrogen-bond donors (Lipinski definition) is 1. The van der Waals surface area contributed by atoms with E-state index in [1.807, 2.05) is 13.8 Å². The Labute approximate surface area is 94.4 Å². The van der Waals surface area contributed by atoms with E-state index in [1.54, 1.807) is 24.3 Å². The Morgan fingerprint density at radius 2 is 2.33 bits per heavy atom. The lowest BCUT2D eigenvalue weighted by Gasteiger charge is -2.11. The second-order valence-corrected chi connectivity index (χ2v) is 3.70. The van der Waals surface area contributed by atoms with Crippen molar-refractivity contribution in [1.29, 1.82) is 0 Å². The summed E-state index contributed by atoms with van der Waals surface area (Å²) in [5.41, 5.74) is 0.635. The van der Waals surface area contributed by atoms with Gasteiger partial charge in [-0.15, -0.1) is 0 Å². The molecule has 0 fully saturated rings. The molecule has 0 aliphatic rings. The van der Waals surface area contributed by atoms with Gasteiger partial charge in [-0.3, -0.25) is 5.32 Å². The molecule has 0 heterocycles. The zero-order valence-corrected chi connectivity index (χ0v) is 9.54. The lowest BCUT2D eigenvalue weighted by atomic mass is 10.3. The van der Waals surface area contributed by atoms with E-state index >= 15 is 0 Å². The van der Waals surface area contributed by atoms with Gasteiger partial charge in [-0.05, 0) is 31.5 Å². The first-order chi connectivity index (χ1) is 7.11. The molecule has 0 spiro atoms. The maximum absolute atomic E-state index is 11.3. The number of benzene rings is 1. The number of rotatable bonds is 3. The van der Waals surface area contributed by atoms with E-state index in [0.29, 0.717) is 10.7 Å². The summed E-state index contributed by atoms with van der Waals surface area (Å²) in [6.45, 7) is 3.80. The molecule has 0 saturated heterocycles. The van der Waals surface area contributed by atoms with Crippen LogP contribution < -0.4 is 5.32 Å². The number of anilines is 1. The van der Waals surface area contributed by atoms with Crippen molar-refractivity contribution in [2.75, 3.05) is 5.32 Å². The predicted octanol–water partition coefficient (Wildman–Crippen LogP) is 3.69. The van der Waals surface area contributed by atoms with Crippen LogP contribution in [0.25, 0.3) is 0 Å². The number of carbonyl (C=O) groups is 1. The van der Waals surface area contributed by atoms with Gasteiger partial charge < -0.3 is 4.74 Å². The van der Waals surface area contributed by atoms with Crippen LogP contribution in [0.4, 0.5) is 10.5 Å². The van der Waals surface area contributed by atoms with Gasteiger partial charge in [0.1, 0.15) is 6.10 Å². The van der Waals surface area contributed by atoms with Crippen LogP contribution in [-0.2, 0) is 4.74 Å². The standard InChI is InChI=1S/C11H14ClNO2/c1-3-8(2)15-11(14)13-10-6-4-5-9(12)7-10/h4-8H,3H2,1-2H3,(H,13,14)/t8-/m1/s1. The fourth-order valence-electron chi connectivity index (χ4n) is 0.980. The summed E-state index contributed by atoms with van der Waals surface area (Å²) in [5, 5.41) is 3.18. The molecule has 1 aromatic rings. The first-order valence-electron chi connectivity index (χ1n) is 4.85. The lowest BCUT2D eigenvalue weighted by Crippen LogP contribution is -2.19. The smallest absolute Gasteiger partial charge is 0.411 e. The normalized spacial score (nSPS) is 11.9. The molecule has 15 heavy (non-hydrogen) atoms. The topological polar surface area (TPSA) is 38.3 Å². The van der Waals surface area contributed by atoms with Gasteiger partial charge in [-0.25, -0.2) is 4.79 Å². The molecule has 4 heteroatoms. The predicted molar refractivity (Wildman–Crippen MR) is 61.3 cm³/mol. The summed E-state index contributed by atoms with van der Waals surface area (Å²) in [6, 6.07) is 6.93. The molecule has 1 atom stereocenters. The molecule has 1 amide bonds. The second kappa shape index (κ2) is 5.61. The number of carbonyl (C=O) groups excluding carboxylic acids is 1. The summed E-state index contributed by atoms with van der Waals surface area (Å²) < 4.78 is 5.05. The summed E-state index contributed by atoms with van der Waals surface area (Å²) in [4.78, 5) is 11.3. The summed E-state index contributed by atoms with van der Waals surface area (Å²) in [5.74, 6) is 0. The Morgan fingerprint density at radius 1 is 1.60 bits per heavy atom. The maximum Gasteiger partial charge on any atom is 0.411 e. The molecule has 82 valence electrons. The fraction of sp³-hybridized carbons (Fsp3) is 0.364. The Bertz CT molecular complexity index is 341. The van der Waals surface area contributed by atoms with E-state index in [-0.39, 0.29) is 6.10 Å². The molecule has 0 radical (unpaired) electrons. The molecule has 3 nitrogen and oxygen atoms in total. The molecule has 0 aliphatic heterocycles. The molecule has 0 unspecified atom stereocenters. The number of nitrogens with one attached hydrogen (secondary N) is 1. The first-order valence-corrected chi connectivity index (χ1v) is 5.22. The Kier molecular flexibility index (Phi) is 4.43. The van der Waals surface area contributed by atoms with E-state index in [1.165, 1.54) is 0 Å². The zero-order chi connectivity index (χ0) is 11.3. The van der Waals surface area contributed by atoms with Crippen LogP contribution in [-0.4, -0.2) is 12.2 Å². The van der Waals surface area contributed by atoms with Gasteiger partial charge in [0.2, 0.25) is 0 Å². The maximum atomic E-state index is 11.3. The second-order valence-electron chi connectivity index (χ2n) is 3.26. The monoisotopic (exact) mass is 227 g/mol. The van der Waals surface area contributed by atoms with Gasteiger partial charge >= 0.3 is 6.09 Å². The average molecular weight is 228 g/mol. The molecule has 1 N–H and O–H groups in total. The van der Waals surface area contributed by atoms with Crippen molar-refractivity contribution in [1.82, 2.24) is 0 Å². The minimum absolute atomic E-state index is 0.0795. The van der Waals surface area contributed by atoms with Crippen LogP contribution in [0.1, 0.15) is 20.3 Å². The third-order valence-electron chi connectivity index (χ3n) is 1.95. The van der Waals surface area contributed by atoms with E-state index in [9.17, 15) is 4.79 Å². The van der Waals surface area contributed by atoms with Crippen LogP contribution in [0.2, 0.25) is 5.02 Å².